The van der Waals surface area contributed by atoms with Gasteiger partial charge in [-0.25, -0.2) is 0 Å². The first-order valence-corrected chi connectivity index (χ1v) is 6.19. The summed E-state index contributed by atoms with van der Waals surface area (Å²) < 4.78 is 4.90. The van der Waals surface area contributed by atoms with Crippen molar-refractivity contribution in [3.63, 3.8) is 0 Å². The molecule has 0 radical (unpaired) electrons. The predicted octanol–water partition coefficient (Wildman–Crippen LogP) is 0.366. The van der Waals surface area contributed by atoms with Gasteiger partial charge in [-0.05, 0) is 18.6 Å². The Morgan fingerprint density at radius 1 is 1.39 bits per heavy atom. The summed E-state index contributed by atoms with van der Waals surface area (Å²) in [6.45, 7) is 2.43. The standard InChI is InChI=1S/C13H21N3O2/c1-18-10-4-8-16-13(17)11-14-9-6-12-5-2-3-7-15-12/h2-3,5,7,14H,4,6,8-11H2,1H3,(H,16,17). The first kappa shape index (κ1) is 14.6. The van der Waals surface area contributed by atoms with Gasteiger partial charge in [0.25, 0.3) is 0 Å². The van der Waals surface area contributed by atoms with Crippen molar-refractivity contribution < 1.29 is 9.53 Å². The summed E-state index contributed by atoms with van der Waals surface area (Å²) in [5.74, 6) is 0.0205. The van der Waals surface area contributed by atoms with Crippen molar-refractivity contribution in [2.75, 3.05) is 33.4 Å². The molecule has 0 spiro atoms. The van der Waals surface area contributed by atoms with Crippen LogP contribution >= 0.6 is 0 Å². The zero-order chi connectivity index (χ0) is 13.1. The molecule has 0 saturated carbocycles. The number of hydrogen-bond donors (Lipinski definition) is 2. The normalized spacial score (nSPS) is 10.3. The largest absolute Gasteiger partial charge is 0.385 e. The van der Waals surface area contributed by atoms with E-state index in [0.29, 0.717) is 19.7 Å². The third kappa shape index (κ3) is 6.98. The van der Waals surface area contributed by atoms with E-state index in [1.165, 1.54) is 0 Å². The lowest BCUT2D eigenvalue weighted by molar-refractivity contribution is -0.120. The van der Waals surface area contributed by atoms with Crippen LogP contribution in [0.1, 0.15) is 12.1 Å². The molecule has 2 N–H and O–H groups in total. The van der Waals surface area contributed by atoms with E-state index in [1.807, 2.05) is 18.2 Å². The SMILES string of the molecule is COCCCNC(=O)CNCCc1ccccn1. The van der Waals surface area contributed by atoms with Crippen LogP contribution < -0.4 is 10.6 Å². The first-order valence-electron chi connectivity index (χ1n) is 6.19. The molecule has 0 aromatic carbocycles. The van der Waals surface area contributed by atoms with Gasteiger partial charge in [-0.2, -0.15) is 0 Å². The van der Waals surface area contributed by atoms with Crippen LogP contribution in [0, 0.1) is 0 Å². The van der Waals surface area contributed by atoms with E-state index in [4.69, 9.17) is 4.74 Å². The summed E-state index contributed by atoms with van der Waals surface area (Å²) in [4.78, 5) is 15.6. The average Bonchev–Trinajstić information content (AvgIpc) is 2.41. The quantitative estimate of drug-likeness (QED) is 0.622. The Morgan fingerprint density at radius 3 is 3.00 bits per heavy atom. The Balaban J connectivity index is 1.99. The molecule has 0 fully saturated rings. The molecule has 18 heavy (non-hydrogen) atoms. The van der Waals surface area contributed by atoms with E-state index >= 15 is 0 Å². The maximum absolute atomic E-state index is 11.4. The van der Waals surface area contributed by atoms with Gasteiger partial charge in [-0.15, -0.1) is 0 Å². The fourth-order valence-corrected chi connectivity index (χ4v) is 1.47. The summed E-state index contributed by atoms with van der Waals surface area (Å²) in [6, 6.07) is 5.84. The van der Waals surface area contributed by atoms with Gasteiger partial charge in [0.1, 0.15) is 0 Å². The van der Waals surface area contributed by atoms with Crippen LogP contribution in [0.2, 0.25) is 0 Å². The number of methoxy groups -OCH3 is 1. The number of nitrogens with one attached hydrogen (secondary N) is 2. The van der Waals surface area contributed by atoms with E-state index in [1.54, 1.807) is 13.3 Å². The molecule has 0 aliphatic rings. The van der Waals surface area contributed by atoms with Crippen LogP contribution in [-0.2, 0) is 16.0 Å². The minimum Gasteiger partial charge on any atom is -0.385 e. The molecule has 0 bridgehead atoms. The van der Waals surface area contributed by atoms with Gasteiger partial charge in [-0.3, -0.25) is 9.78 Å². The number of ether oxygens (including phenoxy) is 1. The maximum Gasteiger partial charge on any atom is 0.233 e. The predicted molar refractivity (Wildman–Crippen MR) is 70.3 cm³/mol. The molecular formula is C13H21N3O2. The van der Waals surface area contributed by atoms with Gasteiger partial charge in [0.15, 0.2) is 0 Å². The summed E-state index contributed by atoms with van der Waals surface area (Å²) in [5.41, 5.74) is 1.03. The van der Waals surface area contributed by atoms with E-state index in [0.717, 1.165) is 25.1 Å². The summed E-state index contributed by atoms with van der Waals surface area (Å²) >= 11 is 0. The van der Waals surface area contributed by atoms with Crippen LogP contribution in [0.4, 0.5) is 0 Å². The third-order valence-electron chi connectivity index (χ3n) is 2.42. The van der Waals surface area contributed by atoms with Crippen LogP contribution in [0.5, 0.6) is 0 Å². The molecule has 0 unspecified atom stereocenters. The van der Waals surface area contributed by atoms with E-state index in [2.05, 4.69) is 15.6 Å². The van der Waals surface area contributed by atoms with Crippen molar-refractivity contribution in [3.8, 4) is 0 Å². The van der Waals surface area contributed by atoms with Gasteiger partial charge >= 0.3 is 0 Å². The van der Waals surface area contributed by atoms with Crippen molar-refractivity contribution in [2.45, 2.75) is 12.8 Å². The first-order chi connectivity index (χ1) is 8.83. The zero-order valence-corrected chi connectivity index (χ0v) is 10.8. The fraction of sp³-hybridized carbons (Fsp3) is 0.538. The molecule has 1 rings (SSSR count). The molecule has 0 aliphatic carbocycles. The minimum atomic E-state index is 0.0205. The second-order valence-electron chi connectivity index (χ2n) is 3.94. The van der Waals surface area contributed by atoms with Crippen molar-refractivity contribution in [2.24, 2.45) is 0 Å². The lowest BCUT2D eigenvalue weighted by Crippen LogP contribution is -2.35. The molecule has 1 aromatic heterocycles. The fourth-order valence-electron chi connectivity index (χ4n) is 1.47. The van der Waals surface area contributed by atoms with Gasteiger partial charge < -0.3 is 15.4 Å². The monoisotopic (exact) mass is 251 g/mol. The smallest absolute Gasteiger partial charge is 0.233 e. The number of hydrogen-bond acceptors (Lipinski definition) is 4. The second kappa shape index (κ2) is 9.56. The lowest BCUT2D eigenvalue weighted by Gasteiger charge is -2.06. The van der Waals surface area contributed by atoms with Gasteiger partial charge in [0.05, 0.1) is 6.54 Å². The van der Waals surface area contributed by atoms with Crippen molar-refractivity contribution >= 4 is 5.91 Å². The van der Waals surface area contributed by atoms with Crippen LogP contribution in [0.15, 0.2) is 24.4 Å². The topological polar surface area (TPSA) is 63.2 Å². The number of pyridine rings is 1. The number of aromatic nitrogens is 1. The lowest BCUT2D eigenvalue weighted by atomic mass is 10.3. The maximum atomic E-state index is 11.4. The number of carbonyl (C=O) groups is 1. The van der Waals surface area contributed by atoms with Gasteiger partial charge in [0.2, 0.25) is 5.91 Å². The molecule has 0 atom stereocenters. The Hall–Kier alpha value is -1.46. The number of rotatable bonds is 9. The van der Waals surface area contributed by atoms with Crippen LogP contribution in [0.3, 0.4) is 0 Å². The van der Waals surface area contributed by atoms with Gasteiger partial charge in [-0.1, -0.05) is 6.07 Å². The highest BCUT2D eigenvalue weighted by Crippen LogP contribution is 1.92. The molecule has 1 aromatic rings. The van der Waals surface area contributed by atoms with Gasteiger partial charge in [0, 0.05) is 45.1 Å². The minimum absolute atomic E-state index is 0.0205. The molecule has 1 amide bonds. The third-order valence-corrected chi connectivity index (χ3v) is 2.42. The van der Waals surface area contributed by atoms with E-state index < -0.39 is 0 Å². The van der Waals surface area contributed by atoms with Crippen molar-refractivity contribution in [1.29, 1.82) is 0 Å². The molecular weight excluding hydrogens is 230 g/mol. The Bertz CT molecular complexity index is 330. The number of nitrogens with zero attached hydrogens (tertiary/aromatic N) is 1. The Kier molecular flexibility index (Phi) is 7.75. The second-order valence-corrected chi connectivity index (χ2v) is 3.94. The van der Waals surface area contributed by atoms with Crippen LogP contribution in [-0.4, -0.2) is 44.2 Å². The zero-order valence-electron chi connectivity index (χ0n) is 10.8. The van der Waals surface area contributed by atoms with E-state index in [-0.39, 0.29) is 5.91 Å². The molecule has 0 aliphatic heterocycles. The Morgan fingerprint density at radius 2 is 2.28 bits per heavy atom. The summed E-state index contributed by atoms with van der Waals surface area (Å²) in [6.07, 6.45) is 3.45. The molecule has 0 saturated heterocycles. The highest BCUT2D eigenvalue weighted by molar-refractivity contribution is 5.77. The number of carbonyl (C=O) groups excluding carboxylic acids is 1. The number of amides is 1. The van der Waals surface area contributed by atoms with Crippen LogP contribution in [0.25, 0.3) is 0 Å². The Labute approximate surface area is 108 Å². The molecule has 100 valence electrons. The van der Waals surface area contributed by atoms with Crippen molar-refractivity contribution in [3.05, 3.63) is 30.1 Å². The molecule has 5 heteroatoms. The average molecular weight is 251 g/mol. The molecule has 5 nitrogen and oxygen atoms in total. The summed E-state index contributed by atoms with van der Waals surface area (Å²) in [7, 11) is 1.65. The van der Waals surface area contributed by atoms with Crippen molar-refractivity contribution in [1.82, 2.24) is 15.6 Å². The highest BCUT2D eigenvalue weighted by atomic mass is 16.5. The summed E-state index contributed by atoms with van der Waals surface area (Å²) in [5, 5.41) is 5.91. The highest BCUT2D eigenvalue weighted by Gasteiger charge is 1.99. The van der Waals surface area contributed by atoms with E-state index in [9.17, 15) is 4.79 Å². The molecule has 1 heterocycles.